The first-order chi connectivity index (χ1) is 8.06. The van der Waals surface area contributed by atoms with E-state index < -0.39 is 0 Å². The molecule has 0 unspecified atom stereocenters. The van der Waals surface area contributed by atoms with Crippen LogP contribution in [0.25, 0.3) is 0 Å². The number of benzene rings is 1. The maximum absolute atomic E-state index is 12.7. The van der Waals surface area contributed by atoms with Crippen LogP contribution in [0, 0.1) is 12.7 Å². The van der Waals surface area contributed by atoms with Crippen LogP contribution < -0.4 is 5.32 Å². The lowest BCUT2D eigenvalue weighted by Crippen LogP contribution is -2.15. The summed E-state index contributed by atoms with van der Waals surface area (Å²) in [5.41, 5.74) is 1.79. The molecular weight excluding hydrogens is 221 g/mol. The fraction of sp³-hybridized carbons (Fsp3) is 0.167. The predicted octanol–water partition coefficient (Wildman–Crippen LogP) is 2.12. The molecule has 1 N–H and O–H groups in total. The molecule has 0 atom stereocenters. The summed E-state index contributed by atoms with van der Waals surface area (Å²) in [5, 5.41) is 6.76. The molecule has 0 aliphatic heterocycles. The van der Waals surface area contributed by atoms with E-state index in [1.165, 1.54) is 28.9 Å². The largest absolute Gasteiger partial charge is 0.321 e. The summed E-state index contributed by atoms with van der Waals surface area (Å²) < 4.78 is 14.2. The first-order valence-electron chi connectivity index (χ1n) is 5.14. The SMILES string of the molecule is Cc1cc(C(=O)Nc2ccc(F)cc2)n(C)n1. The summed E-state index contributed by atoms with van der Waals surface area (Å²) in [7, 11) is 1.70. The molecule has 0 aliphatic carbocycles. The number of nitrogens with zero attached hydrogens (tertiary/aromatic N) is 2. The van der Waals surface area contributed by atoms with Crippen molar-refractivity contribution in [3.63, 3.8) is 0 Å². The van der Waals surface area contributed by atoms with Crippen molar-refractivity contribution in [1.29, 1.82) is 0 Å². The van der Waals surface area contributed by atoms with Crippen molar-refractivity contribution in [3.8, 4) is 0 Å². The van der Waals surface area contributed by atoms with Crippen molar-refractivity contribution < 1.29 is 9.18 Å². The van der Waals surface area contributed by atoms with Crippen molar-refractivity contribution in [2.24, 2.45) is 7.05 Å². The summed E-state index contributed by atoms with van der Waals surface area (Å²) in [6.45, 7) is 1.81. The van der Waals surface area contributed by atoms with Crippen molar-refractivity contribution in [2.75, 3.05) is 5.32 Å². The van der Waals surface area contributed by atoms with Crippen LogP contribution in [-0.4, -0.2) is 15.7 Å². The fourth-order valence-electron chi connectivity index (χ4n) is 1.55. The van der Waals surface area contributed by atoms with Crippen LogP contribution in [0.2, 0.25) is 0 Å². The van der Waals surface area contributed by atoms with E-state index in [0.29, 0.717) is 11.4 Å². The Kier molecular flexibility index (Phi) is 2.91. The number of aromatic nitrogens is 2. The number of anilines is 1. The van der Waals surface area contributed by atoms with Crippen molar-refractivity contribution in [2.45, 2.75) is 6.92 Å². The molecule has 0 spiro atoms. The number of halogens is 1. The van der Waals surface area contributed by atoms with Gasteiger partial charge in [0.2, 0.25) is 0 Å². The van der Waals surface area contributed by atoms with E-state index >= 15 is 0 Å². The molecule has 88 valence electrons. The van der Waals surface area contributed by atoms with Gasteiger partial charge >= 0.3 is 0 Å². The van der Waals surface area contributed by atoms with E-state index in [1.807, 2.05) is 6.92 Å². The molecular formula is C12H12FN3O. The van der Waals surface area contributed by atoms with Crippen LogP contribution in [0.15, 0.2) is 30.3 Å². The standard InChI is InChI=1S/C12H12FN3O/c1-8-7-11(16(2)15-8)12(17)14-10-5-3-9(13)4-6-10/h3-7H,1-2H3,(H,14,17). The highest BCUT2D eigenvalue weighted by Gasteiger charge is 2.11. The molecule has 4 nitrogen and oxygen atoms in total. The molecule has 0 fully saturated rings. The Balaban J connectivity index is 2.17. The molecule has 1 amide bonds. The van der Waals surface area contributed by atoms with Gasteiger partial charge in [-0.2, -0.15) is 5.10 Å². The van der Waals surface area contributed by atoms with Gasteiger partial charge in [-0.15, -0.1) is 0 Å². The third-order valence-electron chi connectivity index (χ3n) is 2.34. The summed E-state index contributed by atoms with van der Waals surface area (Å²) >= 11 is 0. The lowest BCUT2D eigenvalue weighted by atomic mass is 10.3. The summed E-state index contributed by atoms with van der Waals surface area (Å²) in [6.07, 6.45) is 0. The smallest absolute Gasteiger partial charge is 0.273 e. The molecule has 5 heteroatoms. The Morgan fingerprint density at radius 1 is 1.35 bits per heavy atom. The lowest BCUT2D eigenvalue weighted by molar-refractivity contribution is 0.101. The average molecular weight is 233 g/mol. The van der Waals surface area contributed by atoms with Gasteiger partial charge in [0, 0.05) is 12.7 Å². The normalized spacial score (nSPS) is 10.3. The second-order valence-electron chi connectivity index (χ2n) is 3.76. The highest BCUT2D eigenvalue weighted by molar-refractivity contribution is 6.03. The number of amides is 1. The minimum Gasteiger partial charge on any atom is -0.321 e. The minimum absolute atomic E-state index is 0.264. The number of carbonyl (C=O) groups is 1. The van der Waals surface area contributed by atoms with E-state index in [4.69, 9.17) is 0 Å². The number of carbonyl (C=O) groups excluding carboxylic acids is 1. The first-order valence-corrected chi connectivity index (χ1v) is 5.14. The predicted molar refractivity (Wildman–Crippen MR) is 62.3 cm³/mol. The van der Waals surface area contributed by atoms with E-state index in [2.05, 4.69) is 10.4 Å². The molecule has 0 aliphatic rings. The second-order valence-corrected chi connectivity index (χ2v) is 3.76. The molecule has 1 heterocycles. The van der Waals surface area contributed by atoms with Gasteiger partial charge in [-0.1, -0.05) is 0 Å². The van der Waals surface area contributed by atoms with Gasteiger partial charge < -0.3 is 5.32 Å². The Hall–Kier alpha value is -2.17. The quantitative estimate of drug-likeness (QED) is 0.863. The van der Waals surface area contributed by atoms with Gasteiger partial charge in [0.15, 0.2) is 0 Å². The molecule has 0 radical (unpaired) electrons. The van der Waals surface area contributed by atoms with Crippen LogP contribution in [0.1, 0.15) is 16.2 Å². The monoisotopic (exact) mass is 233 g/mol. The van der Waals surface area contributed by atoms with E-state index in [-0.39, 0.29) is 11.7 Å². The molecule has 0 saturated heterocycles. The van der Waals surface area contributed by atoms with Crippen LogP contribution in [0.5, 0.6) is 0 Å². The molecule has 17 heavy (non-hydrogen) atoms. The van der Waals surface area contributed by atoms with E-state index in [9.17, 15) is 9.18 Å². The highest BCUT2D eigenvalue weighted by Crippen LogP contribution is 2.10. The zero-order chi connectivity index (χ0) is 12.4. The molecule has 2 rings (SSSR count). The van der Waals surface area contributed by atoms with E-state index in [1.54, 1.807) is 13.1 Å². The van der Waals surface area contributed by atoms with Gasteiger partial charge in [0.05, 0.1) is 5.69 Å². The molecule has 0 bridgehead atoms. The first kappa shape index (κ1) is 11.3. The summed E-state index contributed by atoms with van der Waals surface area (Å²) in [6, 6.07) is 7.31. The Labute approximate surface area is 98.1 Å². The average Bonchev–Trinajstić information content (AvgIpc) is 2.61. The summed E-state index contributed by atoms with van der Waals surface area (Å²) in [5.74, 6) is -0.598. The number of rotatable bonds is 2. The zero-order valence-electron chi connectivity index (χ0n) is 9.57. The minimum atomic E-state index is -0.334. The van der Waals surface area contributed by atoms with Gasteiger partial charge in [-0.3, -0.25) is 9.48 Å². The second kappa shape index (κ2) is 4.37. The topological polar surface area (TPSA) is 46.9 Å². The Morgan fingerprint density at radius 2 is 2.00 bits per heavy atom. The lowest BCUT2D eigenvalue weighted by Gasteiger charge is -2.04. The van der Waals surface area contributed by atoms with Gasteiger partial charge in [0.1, 0.15) is 11.5 Å². The van der Waals surface area contributed by atoms with Crippen molar-refractivity contribution in [3.05, 3.63) is 47.5 Å². The molecule has 1 aromatic carbocycles. The van der Waals surface area contributed by atoms with E-state index in [0.717, 1.165) is 5.69 Å². The zero-order valence-corrected chi connectivity index (χ0v) is 9.57. The number of nitrogens with one attached hydrogen (secondary N) is 1. The Morgan fingerprint density at radius 3 is 2.53 bits per heavy atom. The van der Waals surface area contributed by atoms with Crippen LogP contribution in [-0.2, 0) is 7.05 Å². The fourth-order valence-corrected chi connectivity index (χ4v) is 1.55. The van der Waals surface area contributed by atoms with Crippen LogP contribution in [0.4, 0.5) is 10.1 Å². The molecule has 1 aromatic heterocycles. The Bertz CT molecular complexity index is 545. The maximum Gasteiger partial charge on any atom is 0.273 e. The van der Waals surface area contributed by atoms with Crippen molar-refractivity contribution >= 4 is 11.6 Å². The molecule has 0 saturated carbocycles. The highest BCUT2D eigenvalue weighted by atomic mass is 19.1. The molecule has 2 aromatic rings. The van der Waals surface area contributed by atoms with Crippen molar-refractivity contribution in [1.82, 2.24) is 9.78 Å². The number of aryl methyl sites for hydroxylation is 2. The number of hydrogen-bond acceptors (Lipinski definition) is 2. The van der Waals surface area contributed by atoms with Crippen LogP contribution >= 0.6 is 0 Å². The summed E-state index contributed by atoms with van der Waals surface area (Å²) in [4.78, 5) is 11.9. The third kappa shape index (κ3) is 2.50. The van der Waals surface area contributed by atoms with Crippen LogP contribution in [0.3, 0.4) is 0 Å². The van der Waals surface area contributed by atoms with Gasteiger partial charge in [-0.25, -0.2) is 4.39 Å². The van der Waals surface area contributed by atoms with Gasteiger partial charge in [-0.05, 0) is 37.3 Å². The van der Waals surface area contributed by atoms with Gasteiger partial charge in [0.25, 0.3) is 5.91 Å². The third-order valence-corrected chi connectivity index (χ3v) is 2.34. The number of hydrogen-bond donors (Lipinski definition) is 1. The maximum atomic E-state index is 12.7.